The number of hydrogen-bond acceptors (Lipinski definition) is 1. The number of hydrogen-bond donors (Lipinski definition) is 0. The molecule has 0 bridgehead atoms. The lowest BCUT2D eigenvalue weighted by atomic mass is 10.0. The summed E-state index contributed by atoms with van der Waals surface area (Å²) in [5.74, 6) is -0.218. The largest absolute Gasteiger partial charge is 0.256 e. The fourth-order valence-electron chi connectivity index (χ4n) is 1.81. The molecule has 92 valence electrons. The number of halogens is 1. The van der Waals surface area contributed by atoms with Crippen molar-refractivity contribution in [2.75, 3.05) is 0 Å². The molecule has 1 aromatic carbocycles. The van der Waals surface area contributed by atoms with E-state index in [-0.39, 0.29) is 5.82 Å². The van der Waals surface area contributed by atoms with Gasteiger partial charge in [-0.05, 0) is 56.2 Å². The molecule has 0 saturated carbocycles. The van der Waals surface area contributed by atoms with Crippen molar-refractivity contribution >= 4 is 6.08 Å². The number of pyridine rings is 1. The molecular weight excluding hydrogens is 225 g/mol. The van der Waals surface area contributed by atoms with Crippen LogP contribution in [0.5, 0.6) is 0 Å². The van der Waals surface area contributed by atoms with Gasteiger partial charge in [-0.1, -0.05) is 17.7 Å². The molecule has 18 heavy (non-hydrogen) atoms. The van der Waals surface area contributed by atoms with Crippen LogP contribution in [0.2, 0.25) is 0 Å². The van der Waals surface area contributed by atoms with Gasteiger partial charge >= 0.3 is 0 Å². The van der Waals surface area contributed by atoms with Crippen LogP contribution in [-0.2, 0) is 0 Å². The van der Waals surface area contributed by atoms with E-state index in [9.17, 15) is 4.39 Å². The summed E-state index contributed by atoms with van der Waals surface area (Å²) in [5.41, 5.74) is 5.33. The molecule has 0 radical (unpaired) electrons. The second-order valence-corrected chi connectivity index (χ2v) is 4.65. The Morgan fingerprint density at radius 1 is 1.11 bits per heavy atom. The fourth-order valence-corrected chi connectivity index (χ4v) is 1.81. The van der Waals surface area contributed by atoms with Crippen LogP contribution in [0.4, 0.5) is 4.39 Å². The molecule has 0 amide bonds. The number of rotatable bonds is 2. The first-order chi connectivity index (χ1) is 8.56. The summed E-state index contributed by atoms with van der Waals surface area (Å²) in [7, 11) is 0. The second-order valence-electron chi connectivity index (χ2n) is 4.65. The van der Waals surface area contributed by atoms with Crippen molar-refractivity contribution in [1.82, 2.24) is 4.98 Å². The second kappa shape index (κ2) is 5.13. The van der Waals surface area contributed by atoms with E-state index in [1.54, 1.807) is 12.1 Å². The minimum absolute atomic E-state index is 0.218. The van der Waals surface area contributed by atoms with Gasteiger partial charge in [-0.15, -0.1) is 0 Å². The average molecular weight is 241 g/mol. The van der Waals surface area contributed by atoms with Gasteiger partial charge in [-0.25, -0.2) is 4.39 Å². The third kappa shape index (κ3) is 2.83. The van der Waals surface area contributed by atoms with Crippen LogP contribution in [0.1, 0.15) is 25.1 Å². The monoisotopic (exact) mass is 241 g/mol. The average Bonchev–Trinajstić information content (AvgIpc) is 2.32. The molecule has 1 aromatic heterocycles. The molecule has 0 aliphatic carbocycles. The van der Waals surface area contributed by atoms with Gasteiger partial charge in [-0.2, -0.15) is 0 Å². The van der Waals surface area contributed by atoms with Gasteiger partial charge < -0.3 is 0 Å². The number of nitrogens with zero attached hydrogens (tertiary/aromatic N) is 1. The summed E-state index contributed by atoms with van der Waals surface area (Å²) in [4.78, 5) is 4.45. The van der Waals surface area contributed by atoms with Crippen molar-refractivity contribution in [2.45, 2.75) is 20.8 Å². The van der Waals surface area contributed by atoms with Gasteiger partial charge in [0.2, 0.25) is 0 Å². The van der Waals surface area contributed by atoms with Crippen LogP contribution in [0.15, 0.2) is 42.1 Å². The molecule has 1 nitrogen and oxygen atoms in total. The maximum Gasteiger partial charge on any atom is 0.123 e. The molecule has 2 rings (SSSR count). The number of aryl methyl sites for hydroxylation is 1. The smallest absolute Gasteiger partial charge is 0.123 e. The van der Waals surface area contributed by atoms with Gasteiger partial charge in [0.15, 0.2) is 0 Å². The first kappa shape index (κ1) is 12.5. The van der Waals surface area contributed by atoms with Crippen LogP contribution in [0, 0.1) is 12.7 Å². The molecule has 0 saturated heterocycles. The Morgan fingerprint density at radius 3 is 2.33 bits per heavy atom. The van der Waals surface area contributed by atoms with Crippen molar-refractivity contribution in [2.24, 2.45) is 0 Å². The van der Waals surface area contributed by atoms with Crippen LogP contribution < -0.4 is 0 Å². The van der Waals surface area contributed by atoms with E-state index < -0.39 is 0 Å². The van der Waals surface area contributed by atoms with E-state index in [0.29, 0.717) is 0 Å². The van der Waals surface area contributed by atoms with Gasteiger partial charge in [0.1, 0.15) is 5.82 Å². The number of benzene rings is 1. The summed E-state index contributed by atoms with van der Waals surface area (Å²) in [6, 6.07) is 8.55. The topological polar surface area (TPSA) is 12.9 Å². The van der Waals surface area contributed by atoms with E-state index in [1.807, 2.05) is 13.1 Å². The predicted octanol–water partition coefficient (Wildman–Crippen LogP) is 4.62. The third-order valence-electron chi connectivity index (χ3n) is 2.72. The van der Waals surface area contributed by atoms with Gasteiger partial charge in [0.25, 0.3) is 0 Å². The maximum atomic E-state index is 12.9. The quantitative estimate of drug-likeness (QED) is 0.747. The summed E-state index contributed by atoms with van der Waals surface area (Å²) < 4.78 is 12.9. The van der Waals surface area contributed by atoms with E-state index in [2.05, 4.69) is 31.0 Å². The zero-order valence-electron chi connectivity index (χ0n) is 10.9. The molecule has 0 fully saturated rings. The highest BCUT2D eigenvalue weighted by molar-refractivity contribution is 5.65. The lowest BCUT2D eigenvalue weighted by Gasteiger charge is -2.05. The standard InChI is InChI=1S/C16H16FN/c1-11(2)8-16-12(3)9-14(10-18-16)13-4-6-15(17)7-5-13/h4-10H,1-3H3. The molecule has 2 aromatic rings. The van der Waals surface area contributed by atoms with Crippen LogP contribution in [0.25, 0.3) is 17.2 Å². The Balaban J connectivity index is 2.40. The van der Waals surface area contributed by atoms with E-state index in [1.165, 1.54) is 17.7 Å². The van der Waals surface area contributed by atoms with Crippen molar-refractivity contribution in [3.05, 3.63) is 59.2 Å². The molecule has 1 heterocycles. The minimum Gasteiger partial charge on any atom is -0.256 e. The van der Waals surface area contributed by atoms with Crippen LogP contribution >= 0.6 is 0 Å². The zero-order chi connectivity index (χ0) is 13.1. The van der Waals surface area contributed by atoms with E-state index in [0.717, 1.165) is 22.4 Å². The van der Waals surface area contributed by atoms with Gasteiger partial charge in [0, 0.05) is 11.8 Å². The molecule has 2 heteroatoms. The van der Waals surface area contributed by atoms with Gasteiger partial charge in [0.05, 0.1) is 5.69 Å². The van der Waals surface area contributed by atoms with Crippen LogP contribution in [0.3, 0.4) is 0 Å². The molecule has 0 unspecified atom stereocenters. The van der Waals surface area contributed by atoms with Crippen molar-refractivity contribution in [1.29, 1.82) is 0 Å². The maximum absolute atomic E-state index is 12.9. The zero-order valence-corrected chi connectivity index (χ0v) is 10.9. The Labute approximate surface area is 107 Å². The Hall–Kier alpha value is -1.96. The highest BCUT2D eigenvalue weighted by Gasteiger charge is 2.02. The first-order valence-corrected chi connectivity index (χ1v) is 5.94. The molecule has 0 atom stereocenters. The Morgan fingerprint density at radius 2 is 1.78 bits per heavy atom. The van der Waals surface area contributed by atoms with Crippen LogP contribution in [-0.4, -0.2) is 4.98 Å². The highest BCUT2D eigenvalue weighted by Crippen LogP contribution is 2.21. The van der Waals surface area contributed by atoms with Crippen molar-refractivity contribution in [3.63, 3.8) is 0 Å². The molecule has 0 N–H and O–H groups in total. The third-order valence-corrected chi connectivity index (χ3v) is 2.72. The molecule has 0 aliphatic heterocycles. The van der Waals surface area contributed by atoms with E-state index >= 15 is 0 Å². The van der Waals surface area contributed by atoms with E-state index in [4.69, 9.17) is 0 Å². The lowest BCUT2D eigenvalue weighted by Crippen LogP contribution is -1.89. The summed E-state index contributed by atoms with van der Waals surface area (Å²) in [5, 5.41) is 0. The normalized spacial score (nSPS) is 10.2. The fraction of sp³-hybridized carbons (Fsp3) is 0.188. The Kier molecular flexibility index (Phi) is 3.56. The number of allylic oxidation sites excluding steroid dienone is 1. The van der Waals surface area contributed by atoms with Crippen molar-refractivity contribution < 1.29 is 4.39 Å². The summed E-state index contributed by atoms with van der Waals surface area (Å²) >= 11 is 0. The summed E-state index contributed by atoms with van der Waals surface area (Å²) in [6.07, 6.45) is 3.89. The minimum atomic E-state index is -0.218. The number of aromatic nitrogens is 1. The molecule has 0 aliphatic rings. The van der Waals surface area contributed by atoms with Gasteiger partial charge in [-0.3, -0.25) is 4.98 Å². The highest BCUT2D eigenvalue weighted by atomic mass is 19.1. The lowest BCUT2D eigenvalue weighted by molar-refractivity contribution is 0.628. The predicted molar refractivity (Wildman–Crippen MR) is 73.7 cm³/mol. The van der Waals surface area contributed by atoms with Crippen molar-refractivity contribution in [3.8, 4) is 11.1 Å². The first-order valence-electron chi connectivity index (χ1n) is 5.94. The molecular formula is C16H16FN. The summed E-state index contributed by atoms with van der Waals surface area (Å²) in [6.45, 7) is 6.14. The SMILES string of the molecule is CC(C)=Cc1ncc(-c2ccc(F)cc2)cc1C. The Bertz CT molecular complexity index is 579. The molecule has 0 spiro atoms.